The van der Waals surface area contributed by atoms with E-state index in [0.717, 1.165) is 16.9 Å². The smallest absolute Gasteiger partial charge is 0.228 e. The van der Waals surface area contributed by atoms with Crippen LogP contribution in [0.25, 0.3) is 0 Å². The highest BCUT2D eigenvalue weighted by molar-refractivity contribution is 7.10. The Balaban J connectivity index is 1.47. The molecule has 6 heteroatoms. The van der Waals surface area contributed by atoms with Crippen LogP contribution < -0.4 is 5.32 Å². The highest BCUT2D eigenvalue weighted by Gasteiger charge is 2.35. The molecule has 0 bridgehead atoms. The molecule has 2 atom stereocenters. The Labute approximate surface area is 185 Å². The monoisotopic (exact) mass is 436 g/mol. The molecule has 0 spiro atoms. The van der Waals surface area contributed by atoms with Crippen molar-refractivity contribution >= 4 is 23.2 Å². The van der Waals surface area contributed by atoms with Gasteiger partial charge in [-0.05, 0) is 35.9 Å². The van der Waals surface area contributed by atoms with Gasteiger partial charge in [0.05, 0.1) is 18.4 Å². The molecular formula is C25H25FN2O2S. The normalized spacial score (nSPS) is 18.5. The Morgan fingerprint density at radius 1 is 1.00 bits per heavy atom. The molecule has 1 saturated heterocycles. The summed E-state index contributed by atoms with van der Waals surface area (Å²) < 4.78 is 13.9. The number of carbonyl (C=O) groups excluding carboxylic acids is 2. The second-order valence-corrected chi connectivity index (χ2v) is 8.84. The average molecular weight is 437 g/mol. The van der Waals surface area contributed by atoms with Crippen LogP contribution in [0.1, 0.15) is 34.9 Å². The van der Waals surface area contributed by atoms with E-state index in [1.54, 1.807) is 29.5 Å². The zero-order valence-corrected chi connectivity index (χ0v) is 18.0. The van der Waals surface area contributed by atoms with Crippen LogP contribution in [0, 0.1) is 11.7 Å². The molecule has 4 nitrogen and oxygen atoms in total. The number of hydrogen-bond acceptors (Lipinski definition) is 3. The van der Waals surface area contributed by atoms with Crippen LogP contribution in [0.5, 0.6) is 0 Å². The van der Waals surface area contributed by atoms with E-state index in [2.05, 4.69) is 5.32 Å². The molecule has 0 unspecified atom stereocenters. The van der Waals surface area contributed by atoms with Crippen molar-refractivity contribution < 1.29 is 14.0 Å². The second-order valence-electron chi connectivity index (χ2n) is 7.81. The summed E-state index contributed by atoms with van der Waals surface area (Å²) in [7, 11) is 0. The largest absolute Gasteiger partial charge is 0.352 e. The number of amides is 2. The van der Waals surface area contributed by atoms with Crippen molar-refractivity contribution in [1.82, 2.24) is 10.2 Å². The van der Waals surface area contributed by atoms with Crippen LogP contribution in [0.15, 0.2) is 72.1 Å². The first-order chi connectivity index (χ1) is 15.1. The predicted molar refractivity (Wildman–Crippen MR) is 120 cm³/mol. The SMILES string of the molecule is O=C(NCc1ccccc1F)[C@@H]1CC[C@@H](c2ccccc2)N(C(=O)Cc2cccs2)C1. The van der Waals surface area contributed by atoms with Gasteiger partial charge < -0.3 is 10.2 Å². The second kappa shape index (κ2) is 9.88. The number of nitrogens with one attached hydrogen (secondary N) is 1. The number of carbonyl (C=O) groups is 2. The van der Waals surface area contributed by atoms with Gasteiger partial charge in [0.15, 0.2) is 0 Å². The first-order valence-corrected chi connectivity index (χ1v) is 11.4. The van der Waals surface area contributed by atoms with E-state index >= 15 is 0 Å². The maximum atomic E-state index is 13.9. The standard InChI is InChI=1S/C25H25FN2O2S/c26-22-11-5-4-9-19(22)16-27-25(30)20-12-13-23(18-7-2-1-3-8-18)28(17-20)24(29)15-21-10-6-14-31-21/h1-11,14,20,23H,12-13,15-17H2,(H,27,30)/t20-,23+/m1/s1. The molecule has 1 aliphatic rings. The number of thiophene rings is 1. The van der Waals surface area contributed by atoms with Gasteiger partial charge in [0, 0.05) is 23.5 Å². The van der Waals surface area contributed by atoms with Crippen molar-refractivity contribution in [2.75, 3.05) is 6.54 Å². The summed E-state index contributed by atoms with van der Waals surface area (Å²) in [5, 5.41) is 4.82. The van der Waals surface area contributed by atoms with Crippen molar-refractivity contribution in [2.45, 2.75) is 31.8 Å². The van der Waals surface area contributed by atoms with E-state index < -0.39 is 0 Å². The van der Waals surface area contributed by atoms with Crippen molar-refractivity contribution in [3.05, 3.63) is 93.9 Å². The number of likely N-dealkylation sites (tertiary alicyclic amines) is 1. The Morgan fingerprint density at radius 3 is 2.52 bits per heavy atom. The molecule has 1 N–H and O–H groups in total. The first kappa shape index (κ1) is 21.2. The van der Waals surface area contributed by atoms with Crippen LogP contribution >= 0.6 is 11.3 Å². The number of hydrogen-bond donors (Lipinski definition) is 1. The third-order valence-electron chi connectivity index (χ3n) is 5.77. The van der Waals surface area contributed by atoms with E-state index in [-0.39, 0.29) is 36.1 Å². The zero-order valence-electron chi connectivity index (χ0n) is 17.2. The third kappa shape index (κ3) is 5.20. The summed E-state index contributed by atoms with van der Waals surface area (Å²) in [6, 6.07) is 20.3. The third-order valence-corrected chi connectivity index (χ3v) is 6.65. The number of halogens is 1. The molecule has 2 aromatic carbocycles. The number of benzene rings is 2. The lowest BCUT2D eigenvalue weighted by molar-refractivity contribution is -0.138. The average Bonchev–Trinajstić information content (AvgIpc) is 3.31. The highest BCUT2D eigenvalue weighted by atomic mass is 32.1. The lowest BCUT2D eigenvalue weighted by Gasteiger charge is -2.39. The topological polar surface area (TPSA) is 49.4 Å². The van der Waals surface area contributed by atoms with Gasteiger partial charge in [0.2, 0.25) is 11.8 Å². The zero-order chi connectivity index (χ0) is 21.6. The summed E-state index contributed by atoms with van der Waals surface area (Å²) in [5.41, 5.74) is 1.55. The molecule has 4 rings (SSSR count). The fraction of sp³-hybridized carbons (Fsp3) is 0.280. The minimum atomic E-state index is -0.330. The fourth-order valence-corrected chi connectivity index (χ4v) is 4.81. The van der Waals surface area contributed by atoms with Gasteiger partial charge in [-0.25, -0.2) is 4.39 Å². The van der Waals surface area contributed by atoms with Crippen molar-refractivity contribution in [2.24, 2.45) is 5.92 Å². The van der Waals surface area contributed by atoms with Crippen molar-refractivity contribution in [1.29, 1.82) is 0 Å². The van der Waals surface area contributed by atoms with E-state index in [1.807, 2.05) is 52.7 Å². The predicted octanol–water partition coefficient (Wildman–Crippen LogP) is 4.73. The van der Waals surface area contributed by atoms with Gasteiger partial charge in [-0.3, -0.25) is 9.59 Å². The quantitative estimate of drug-likeness (QED) is 0.608. The molecule has 1 aromatic heterocycles. The molecule has 0 saturated carbocycles. The van der Waals surface area contributed by atoms with Gasteiger partial charge in [-0.15, -0.1) is 11.3 Å². The van der Waals surface area contributed by atoms with Crippen LogP contribution in [-0.2, 0) is 22.6 Å². The Kier molecular flexibility index (Phi) is 6.77. The number of rotatable bonds is 6. The highest BCUT2D eigenvalue weighted by Crippen LogP contribution is 2.34. The molecule has 0 aliphatic carbocycles. The Morgan fingerprint density at radius 2 is 1.77 bits per heavy atom. The summed E-state index contributed by atoms with van der Waals surface area (Å²) in [6.07, 6.45) is 1.74. The molecule has 1 aliphatic heterocycles. The van der Waals surface area contributed by atoms with E-state index in [1.165, 1.54) is 6.07 Å². The van der Waals surface area contributed by atoms with Gasteiger partial charge in [-0.2, -0.15) is 0 Å². The van der Waals surface area contributed by atoms with Gasteiger partial charge in [-0.1, -0.05) is 54.6 Å². The van der Waals surface area contributed by atoms with Gasteiger partial charge in [0.1, 0.15) is 5.82 Å². The summed E-state index contributed by atoms with van der Waals surface area (Å²) in [4.78, 5) is 28.9. The minimum Gasteiger partial charge on any atom is -0.352 e. The molecule has 3 aromatic rings. The maximum absolute atomic E-state index is 13.9. The molecular weight excluding hydrogens is 411 g/mol. The van der Waals surface area contributed by atoms with E-state index in [0.29, 0.717) is 24.9 Å². The molecule has 160 valence electrons. The fourth-order valence-electron chi connectivity index (χ4n) is 4.11. The molecule has 1 fully saturated rings. The lowest BCUT2D eigenvalue weighted by Crippen LogP contribution is -2.47. The molecule has 2 heterocycles. The Bertz CT molecular complexity index is 1020. The summed E-state index contributed by atoms with van der Waals surface area (Å²) in [6.45, 7) is 0.514. The van der Waals surface area contributed by atoms with Gasteiger partial charge >= 0.3 is 0 Å². The lowest BCUT2D eigenvalue weighted by atomic mass is 9.88. The van der Waals surface area contributed by atoms with Gasteiger partial charge in [0.25, 0.3) is 0 Å². The van der Waals surface area contributed by atoms with Crippen LogP contribution in [0.2, 0.25) is 0 Å². The van der Waals surface area contributed by atoms with Crippen LogP contribution in [0.3, 0.4) is 0 Å². The van der Waals surface area contributed by atoms with Crippen LogP contribution in [0.4, 0.5) is 4.39 Å². The summed E-state index contributed by atoms with van der Waals surface area (Å²) in [5.74, 6) is -0.742. The van der Waals surface area contributed by atoms with E-state index in [9.17, 15) is 14.0 Å². The maximum Gasteiger partial charge on any atom is 0.228 e. The minimum absolute atomic E-state index is 0.0305. The number of nitrogens with zero attached hydrogens (tertiary/aromatic N) is 1. The van der Waals surface area contributed by atoms with Crippen molar-refractivity contribution in [3.8, 4) is 0 Å². The molecule has 2 amide bonds. The molecule has 0 radical (unpaired) electrons. The molecule has 31 heavy (non-hydrogen) atoms. The number of piperidine rings is 1. The Hall–Kier alpha value is -2.99. The van der Waals surface area contributed by atoms with E-state index in [4.69, 9.17) is 0 Å². The van der Waals surface area contributed by atoms with Crippen molar-refractivity contribution in [3.63, 3.8) is 0 Å². The first-order valence-electron chi connectivity index (χ1n) is 10.5. The van der Waals surface area contributed by atoms with Crippen LogP contribution in [-0.4, -0.2) is 23.3 Å². The summed E-state index contributed by atoms with van der Waals surface area (Å²) >= 11 is 1.56.